The third kappa shape index (κ3) is 5.18. The van der Waals surface area contributed by atoms with Gasteiger partial charge in [-0.15, -0.1) is 0 Å². The van der Waals surface area contributed by atoms with Gasteiger partial charge in [0.15, 0.2) is 0 Å². The number of nitrogens with one attached hydrogen (secondary N) is 1. The Morgan fingerprint density at radius 1 is 1.04 bits per heavy atom. The predicted octanol–water partition coefficient (Wildman–Crippen LogP) is 5.60. The highest BCUT2D eigenvalue weighted by molar-refractivity contribution is 5.95. The van der Waals surface area contributed by atoms with E-state index in [1.165, 1.54) is 32.1 Å². The first kappa shape index (κ1) is 20.1. The van der Waals surface area contributed by atoms with Crippen molar-refractivity contribution >= 4 is 22.9 Å². The van der Waals surface area contributed by atoms with Crippen LogP contribution in [0.4, 0.5) is 5.95 Å². The molecule has 2 aromatic rings. The summed E-state index contributed by atoms with van der Waals surface area (Å²) in [6.45, 7) is 6.08. The molecule has 1 aliphatic rings. The van der Waals surface area contributed by atoms with E-state index in [-0.39, 0.29) is 0 Å². The van der Waals surface area contributed by atoms with Crippen molar-refractivity contribution < 1.29 is 4.74 Å². The van der Waals surface area contributed by atoms with E-state index in [0.717, 1.165) is 34.0 Å². The number of anilines is 1. The Hall–Kier alpha value is -2.69. The molecule has 0 amide bonds. The number of benzene rings is 1. The molecule has 1 saturated carbocycles. The van der Waals surface area contributed by atoms with E-state index in [1.807, 2.05) is 50.4 Å². The summed E-state index contributed by atoms with van der Waals surface area (Å²) < 4.78 is 5.28. The van der Waals surface area contributed by atoms with Crippen LogP contribution in [0, 0.1) is 0 Å². The number of aliphatic imine (C=N–C) groups is 1. The van der Waals surface area contributed by atoms with Crippen LogP contribution in [0.15, 0.2) is 41.5 Å². The van der Waals surface area contributed by atoms with E-state index in [4.69, 9.17) is 14.7 Å². The Morgan fingerprint density at radius 3 is 2.39 bits per heavy atom. The fourth-order valence-electron chi connectivity index (χ4n) is 3.53. The van der Waals surface area contributed by atoms with Crippen molar-refractivity contribution in [2.75, 3.05) is 12.4 Å². The Bertz CT molecular complexity index is 845. The Morgan fingerprint density at radius 2 is 1.75 bits per heavy atom. The van der Waals surface area contributed by atoms with E-state index in [9.17, 15) is 0 Å². The largest absolute Gasteiger partial charge is 0.497 e. The minimum absolute atomic E-state index is 0.477. The number of hydrogen-bond acceptors (Lipinski definition) is 5. The van der Waals surface area contributed by atoms with Gasteiger partial charge in [-0.05, 0) is 63.9 Å². The summed E-state index contributed by atoms with van der Waals surface area (Å²) in [7, 11) is 1.67. The first-order chi connectivity index (χ1) is 13.6. The van der Waals surface area contributed by atoms with Gasteiger partial charge in [0.1, 0.15) is 5.75 Å². The Labute approximate surface area is 168 Å². The predicted molar refractivity (Wildman–Crippen MR) is 117 cm³/mol. The molecule has 0 bridgehead atoms. The average molecular weight is 379 g/mol. The maximum Gasteiger partial charge on any atom is 0.223 e. The van der Waals surface area contributed by atoms with Gasteiger partial charge >= 0.3 is 0 Å². The van der Waals surface area contributed by atoms with Crippen molar-refractivity contribution in [3.8, 4) is 5.75 Å². The number of aromatic nitrogens is 2. The zero-order valence-electron chi connectivity index (χ0n) is 17.3. The van der Waals surface area contributed by atoms with Crippen molar-refractivity contribution in [3.63, 3.8) is 0 Å². The van der Waals surface area contributed by atoms with Gasteiger partial charge in [0.2, 0.25) is 5.95 Å². The van der Waals surface area contributed by atoms with Crippen LogP contribution in [0.2, 0.25) is 0 Å². The molecule has 1 heterocycles. The molecule has 0 unspecified atom stereocenters. The second-order valence-corrected chi connectivity index (χ2v) is 7.51. The highest BCUT2D eigenvalue weighted by Gasteiger charge is 2.15. The standard InChI is InChI=1S/C23H30N4O/c1-16(2)25-22(18-10-12-20(28-4)13-11-18)17(3)21-14-15-24-23(27-21)26-19-8-6-5-7-9-19/h10-15,19H,5-9H2,1-4H3,(H,24,26,27)/b22-17+. The number of allylic oxidation sites excluding steroid dienone is 1. The van der Waals surface area contributed by atoms with E-state index >= 15 is 0 Å². The molecule has 0 saturated heterocycles. The fraction of sp³-hybridized carbons (Fsp3) is 0.435. The van der Waals surface area contributed by atoms with Crippen molar-refractivity contribution in [3.05, 3.63) is 47.8 Å². The molecule has 5 nitrogen and oxygen atoms in total. The number of nitrogens with zero attached hydrogens (tertiary/aromatic N) is 3. The van der Waals surface area contributed by atoms with E-state index in [0.29, 0.717) is 12.0 Å². The van der Waals surface area contributed by atoms with Crippen LogP contribution < -0.4 is 10.1 Å². The Balaban J connectivity index is 1.93. The zero-order chi connectivity index (χ0) is 19.9. The van der Waals surface area contributed by atoms with Gasteiger partial charge in [0, 0.05) is 29.1 Å². The summed E-state index contributed by atoms with van der Waals surface area (Å²) in [5.74, 6) is 1.54. The minimum Gasteiger partial charge on any atom is -0.497 e. The monoisotopic (exact) mass is 378 g/mol. The summed E-state index contributed by atoms with van der Waals surface area (Å²) in [6, 6.07) is 10.4. The van der Waals surface area contributed by atoms with Gasteiger partial charge in [-0.2, -0.15) is 0 Å². The molecule has 1 aliphatic carbocycles. The fourth-order valence-corrected chi connectivity index (χ4v) is 3.53. The van der Waals surface area contributed by atoms with Crippen LogP contribution in [0.1, 0.15) is 64.1 Å². The molecule has 1 aromatic heterocycles. The smallest absolute Gasteiger partial charge is 0.223 e. The second-order valence-electron chi connectivity index (χ2n) is 7.51. The van der Waals surface area contributed by atoms with E-state index < -0.39 is 0 Å². The van der Waals surface area contributed by atoms with Crippen molar-refractivity contribution in [1.29, 1.82) is 0 Å². The molecular weight excluding hydrogens is 348 g/mol. The molecule has 0 aliphatic heterocycles. The maximum atomic E-state index is 5.28. The van der Waals surface area contributed by atoms with Gasteiger partial charge < -0.3 is 10.1 Å². The molecule has 0 spiro atoms. The summed E-state index contributed by atoms with van der Waals surface area (Å²) in [4.78, 5) is 14.0. The molecule has 5 heteroatoms. The molecule has 1 N–H and O–H groups in total. The first-order valence-corrected chi connectivity index (χ1v) is 10.0. The quantitative estimate of drug-likeness (QED) is 0.665. The number of hydrogen-bond donors (Lipinski definition) is 1. The summed E-state index contributed by atoms with van der Waals surface area (Å²) >= 11 is 0. The van der Waals surface area contributed by atoms with Crippen LogP contribution in [0.3, 0.4) is 0 Å². The van der Waals surface area contributed by atoms with Crippen molar-refractivity contribution in [2.45, 2.75) is 58.9 Å². The highest BCUT2D eigenvalue weighted by Crippen LogP contribution is 2.28. The topological polar surface area (TPSA) is 59.4 Å². The van der Waals surface area contributed by atoms with Crippen LogP contribution in [0.25, 0.3) is 11.3 Å². The molecule has 28 heavy (non-hydrogen) atoms. The second kappa shape index (κ2) is 9.49. The van der Waals surface area contributed by atoms with E-state index in [1.54, 1.807) is 7.11 Å². The third-order valence-electron chi connectivity index (χ3n) is 5.03. The summed E-state index contributed by atoms with van der Waals surface area (Å²) in [6.07, 6.45) is 8.11. The SMILES string of the molecule is COc1ccc(/C(N=C(C)C)=C(/C)c2ccnc(NC3CCCCC3)n2)cc1. The van der Waals surface area contributed by atoms with Gasteiger partial charge in [-0.3, -0.25) is 4.99 Å². The summed E-state index contributed by atoms with van der Waals surface area (Å²) in [5, 5.41) is 3.51. The number of methoxy groups -OCH3 is 1. The summed E-state index contributed by atoms with van der Waals surface area (Å²) in [5.41, 5.74) is 4.88. The lowest BCUT2D eigenvalue weighted by atomic mass is 9.96. The van der Waals surface area contributed by atoms with Crippen LogP contribution in [0.5, 0.6) is 5.75 Å². The molecule has 0 radical (unpaired) electrons. The highest BCUT2D eigenvalue weighted by atomic mass is 16.5. The van der Waals surface area contributed by atoms with Gasteiger partial charge in [0.05, 0.1) is 18.5 Å². The lowest BCUT2D eigenvalue weighted by Gasteiger charge is -2.22. The zero-order valence-corrected chi connectivity index (χ0v) is 17.3. The number of ether oxygens (including phenoxy) is 1. The maximum absolute atomic E-state index is 5.28. The van der Waals surface area contributed by atoms with Crippen LogP contribution in [-0.4, -0.2) is 28.8 Å². The van der Waals surface area contributed by atoms with Crippen LogP contribution >= 0.6 is 0 Å². The lowest BCUT2D eigenvalue weighted by molar-refractivity contribution is 0.415. The average Bonchev–Trinajstić information content (AvgIpc) is 2.72. The van der Waals surface area contributed by atoms with Gasteiger partial charge in [-0.1, -0.05) is 19.3 Å². The lowest BCUT2D eigenvalue weighted by Crippen LogP contribution is -2.23. The normalized spacial score (nSPS) is 15.6. The molecular formula is C23H30N4O. The van der Waals surface area contributed by atoms with Crippen molar-refractivity contribution in [2.24, 2.45) is 4.99 Å². The Kier molecular flexibility index (Phi) is 6.80. The molecule has 148 valence electrons. The first-order valence-electron chi connectivity index (χ1n) is 10.0. The van der Waals surface area contributed by atoms with Crippen LogP contribution in [-0.2, 0) is 0 Å². The number of rotatable bonds is 6. The molecule has 1 fully saturated rings. The van der Waals surface area contributed by atoms with E-state index in [2.05, 4.69) is 17.2 Å². The van der Waals surface area contributed by atoms with Crippen molar-refractivity contribution in [1.82, 2.24) is 9.97 Å². The molecule has 0 atom stereocenters. The third-order valence-corrected chi connectivity index (χ3v) is 5.03. The molecule has 1 aromatic carbocycles. The minimum atomic E-state index is 0.477. The van der Waals surface area contributed by atoms with Gasteiger partial charge in [0.25, 0.3) is 0 Å². The molecule has 3 rings (SSSR count). The van der Waals surface area contributed by atoms with Gasteiger partial charge in [-0.25, -0.2) is 9.97 Å².